The van der Waals surface area contributed by atoms with Crippen molar-refractivity contribution in [2.75, 3.05) is 0 Å². The van der Waals surface area contributed by atoms with Gasteiger partial charge in [0, 0.05) is 16.1 Å². The van der Waals surface area contributed by atoms with Gasteiger partial charge in [-0.25, -0.2) is 22.0 Å². The summed E-state index contributed by atoms with van der Waals surface area (Å²) in [6, 6.07) is 16.4. The molecule has 0 aliphatic rings. The summed E-state index contributed by atoms with van der Waals surface area (Å²) in [5.41, 5.74) is 0.561. The van der Waals surface area contributed by atoms with E-state index in [0.717, 1.165) is 6.08 Å². The Hall–Kier alpha value is -2.71. The lowest BCUT2D eigenvalue weighted by atomic mass is 10.2. The summed E-state index contributed by atoms with van der Waals surface area (Å²) in [7, 11) is -7.81. The second-order valence-electron chi connectivity index (χ2n) is 5.85. The van der Waals surface area contributed by atoms with E-state index in [0.29, 0.717) is 15.8 Å². The van der Waals surface area contributed by atoms with Gasteiger partial charge < -0.3 is 4.42 Å². The van der Waals surface area contributed by atoms with Crippen molar-refractivity contribution in [1.29, 1.82) is 5.26 Å². The van der Waals surface area contributed by atoms with Crippen molar-refractivity contribution in [2.24, 2.45) is 5.14 Å². The van der Waals surface area contributed by atoms with Gasteiger partial charge >= 0.3 is 0 Å². The van der Waals surface area contributed by atoms with E-state index in [4.69, 9.17) is 9.56 Å². The van der Waals surface area contributed by atoms with Crippen molar-refractivity contribution in [1.82, 2.24) is 0 Å². The summed E-state index contributed by atoms with van der Waals surface area (Å²) in [6.45, 7) is 0. The highest BCUT2D eigenvalue weighted by atomic mass is 79.9. The SMILES string of the molecule is N#CC(=Cc1ccc(-c2ccc(S(N)(=O)=O)cc2)o1)S(=O)(=O)c1ccc(Br)cc1. The molecule has 0 fully saturated rings. The Morgan fingerprint density at radius 1 is 0.931 bits per heavy atom. The van der Waals surface area contributed by atoms with Crippen molar-refractivity contribution >= 4 is 41.9 Å². The Morgan fingerprint density at radius 3 is 2.07 bits per heavy atom. The van der Waals surface area contributed by atoms with Gasteiger partial charge in [0.15, 0.2) is 4.91 Å². The summed E-state index contributed by atoms with van der Waals surface area (Å²) < 4.78 is 54.3. The Bertz CT molecular complexity index is 1330. The first-order chi connectivity index (χ1) is 13.6. The van der Waals surface area contributed by atoms with Crippen LogP contribution in [0.3, 0.4) is 0 Å². The first kappa shape index (κ1) is 21.0. The number of sulfone groups is 1. The van der Waals surface area contributed by atoms with Crippen LogP contribution >= 0.6 is 15.9 Å². The minimum absolute atomic E-state index is 0.0149. The Balaban J connectivity index is 1.94. The largest absolute Gasteiger partial charge is 0.457 e. The van der Waals surface area contributed by atoms with Gasteiger partial charge in [-0.3, -0.25) is 0 Å². The van der Waals surface area contributed by atoms with Crippen LogP contribution in [-0.2, 0) is 19.9 Å². The Kier molecular flexibility index (Phi) is 5.77. The molecular weight excluding hydrogens is 480 g/mol. The van der Waals surface area contributed by atoms with Crippen LogP contribution in [0.4, 0.5) is 0 Å². The molecule has 0 atom stereocenters. The minimum atomic E-state index is -4.00. The second-order valence-corrected chi connectivity index (χ2v) is 10.2. The molecule has 148 valence electrons. The highest BCUT2D eigenvalue weighted by Crippen LogP contribution is 2.27. The van der Waals surface area contributed by atoms with Crippen LogP contribution in [0.5, 0.6) is 0 Å². The lowest BCUT2D eigenvalue weighted by Gasteiger charge is -2.03. The summed E-state index contributed by atoms with van der Waals surface area (Å²) in [4.78, 5) is -0.524. The van der Waals surface area contributed by atoms with E-state index in [2.05, 4.69) is 15.9 Å². The third kappa shape index (κ3) is 4.65. The van der Waals surface area contributed by atoms with Crippen LogP contribution in [0.2, 0.25) is 0 Å². The zero-order valence-corrected chi connectivity index (χ0v) is 17.8. The first-order valence-electron chi connectivity index (χ1n) is 7.97. The molecule has 7 nitrogen and oxygen atoms in total. The molecule has 0 spiro atoms. The van der Waals surface area contributed by atoms with E-state index in [1.165, 1.54) is 42.5 Å². The van der Waals surface area contributed by atoms with Crippen LogP contribution in [0, 0.1) is 11.3 Å². The maximum atomic E-state index is 12.7. The molecule has 0 saturated carbocycles. The van der Waals surface area contributed by atoms with Crippen molar-refractivity contribution < 1.29 is 21.3 Å². The number of hydrogen-bond donors (Lipinski definition) is 1. The quantitative estimate of drug-likeness (QED) is 0.540. The fourth-order valence-corrected chi connectivity index (χ4v) is 4.35. The maximum absolute atomic E-state index is 12.7. The van der Waals surface area contributed by atoms with E-state index in [-0.39, 0.29) is 15.6 Å². The maximum Gasteiger partial charge on any atom is 0.238 e. The molecule has 0 unspecified atom stereocenters. The summed E-state index contributed by atoms with van der Waals surface area (Å²) >= 11 is 3.23. The molecule has 0 bridgehead atoms. The van der Waals surface area contributed by atoms with Gasteiger partial charge in [0.1, 0.15) is 17.6 Å². The van der Waals surface area contributed by atoms with Crippen molar-refractivity contribution in [3.63, 3.8) is 0 Å². The monoisotopic (exact) mass is 492 g/mol. The van der Waals surface area contributed by atoms with Gasteiger partial charge in [-0.1, -0.05) is 15.9 Å². The smallest absolute Gasteiger partial charge is 0.238 e. The molecule has 0 saturated heterocycles. The first-order valence-corrected chi connectivity index (χ1v) is 11.8. The summed E-state index contributed by atoms with van der Waals surface area (Å²) in [5, 5.41) is 14.4. The fraction of sp³-hybridized carbons (Fsp3) is 0. The molecule has 3 rings (SSSR count). The molecule has 0 aliphatic carbocycles. The molecule has 1 heterocycles. The highest BCUT2D eigenvalue weighted by Gasteiger charge is 2.21. The molecule has 0 amide bonds. The van der Waals surface area contributed by atoms with Gasteiger partial charge in [-0.2, -0.15) is 5.26 Å². The number of nitrogens with zero attached hydrogens (tertiary/aromatic N) is 1. The molecule has 3 aromatic rings. The van der Waals surface area contributed by atoms with Crippen LogP contribution in [0.1, 0.15) is 5.76 Å². The molecular formula is C19H13BrN2O5S2. The van der Waals surface area contributed by atoms with Crippen molar-refractivity contribution in [3.05, 3.63) is 75.8 Å². The molecule has 2 aromatic carbocycles. The van der Waals surface area contributed by atoms with E-state index in [1.54, 1.807) is 24.3 Å². The minimum Gasteiger partial charge on any atom is -0.457 e. The van der Waals surface area contributed by atoms with Crippen molar-refractivity contribution in [2.45, 2.75) is 9.79 Å². The Labute approximate surface area is 176 Å². The number of halogens is 1. The van der Waals surface area contributed by atoms with Gasteiger partial charge in [-0.05, 0) is 60.7 Å². The molecule has 0 aliphatic heterocycles. The number of allylic oxidation sites excluding steroid dienone is 1. The fourth-order valence-electron chi connectivity index (χ4n) is 2.43. The van der Waals surface area contributed by atoms with Crippen LogP contribution in [-0.4, -0.2) is 16.8 Å². The molecule has 2 N–H and O–H groups in total. The number of nitrogens with two attached hydrogens (primary N) is 1. The van der Waals surface area contributed by atoms with E-state index < -0.39 is 24.8 Å². The number of benzene rings is 2. The summed E-state index contributed by atoms with van der Waals surface area (Å²) in [6.07, 6.45) is 1.14. The summed E-state index contributed by atoms with van der Waals surface area (Å²) in [5.74, 6) is 0.531. The van der Waals surface area contributed by atoms with Crippen LogP contribution in [0.15, 0.2) is 84.2 Å². The van der Waals surface area contributed by atoms with Crippen LogP contribution in [0.25, 0.3) is 17.4 Å². The standard InChI is InChI=1S/C19H13BrN2O5S2/c20-14-3-8-16(9-4-14)28(23,24)18(12-21)11-15-5-10-19(27-15)13-1-6-17(7-2-13)29(22,25)26/h1-11H,(H2,22,25,26). The second kappa shape index (κ2) is 7.96. The topological polar surface area (TPSA) is 131 Å². The van der Waals surface area contributed by atoms with Gasteiger partial charge in [0.05, 0.1) is 9.79 Å². The van der Waals surface area contributed by atoms with E-state index >= 15 is 0 Å². The highest BCUT2D eigenvalue weighted by molar-refractivity contribution is 9.10. The number of primary sulfonamides is 1. The van der Waals surface area contributed by atoms with E-state index in [9.17, 15) is 22.1 Å². The Morgan fingerprint density at radius 2 is 1.52 bits per heavy atom. The lowest BCUT2D eigenvalue weighted by Crippen LogP contribution is -2.11. The predicted molar refractivity (Wildman–Crippen MR) is 110 cm³/mol. The number of hydrogen-bond acceptors (Lipinski definition) is 6. The normalized spacial score (nSPS) is 12.5. The zero-order valence-electron chi connectivity index (χ0n) is 14.6. The number of furan rings is 1. The third-order valence-electron chi connectivity index (χ3n) is 3.89. The molecule has 29 heavy (non-hydrogen) atoms. The number of nitriles is 1. The lowest BCUT2D eigenvalue weighted by molar-refractivity contribution is 0.571. The van der Waals surface area contributed by atoms with Gasteiger partial charge in [-0.15, -0.1) is 0 Å². The van der Waals surface area contributed by atoms with Gasteiger partial charge in [0.2, 0.25) is 19.9 Å². The number of rotatable bonds is 5. The molecule has 1 aromatic heterocycles. The van der Waals surface area contributed by atoms with Crippen LogP contribution < -0.4 is 5.14 Å². The zero-order chi connectivity index (χ0) is 21.2. The average molecular weight is 493 g/mol. The number of sulfonamides is 1. The predicted octanol–water partition coefficient (Wildman–Crippen LogP) is 3.69. The third-order valence-corrected chi connectivity index (χ3v) is 7.03. The molecule has 0 radical (unpaired) electrons. The van der Waals surface area contributed by atoms with Crippen molar-refractivity contribution in [3.8, 4) is 17.4 Å². The van der Waals surface area contributed by atoms with E-state index in [1.807, 2.05) is 0 Å². The van der Waals surface area contributed by atoms with Gasteiger partial charge in [0.25, 0.3) is 0 Å². The molecule has 10 heteroatoms. The average Bonchev–Trinajstić information content (AvgIpc) is 3.14.